The van der Waals surface area contributed by atoms with Crippen LogP contribution in [0, 0.1) is 10.1 Å². The Labute approximate surface area is 193 Å². The standard InChI is InChI=1S/C26H28N2O5/c1-5-26(3,4)20-11-13-21(14-12-20)33-25-15-22(27-18(2)29)24(16-23(25)28(30)31)32-17-19-9-7-6-8-10-19/h6-16H,5,17H2,1-4H3,(H,27,29). The number of nitrogens with zero attached hydrogens (tertiary/aromatic N) is 1. The van der Waals surface area contributed by atoms with Gasteiger partial charge >= 0.3 is 5.69 Å². The third-order valence-electron chi connectivity index (χ3n) is 5.55. The largest absolute Gasteiger partial charge is 0.486 e. The summed E-state index contributed by atoms with van der Waals surface area (Å²) in [5.41, 5.74) is 2.09. The maximum absolute atomic E-state index is 11.8. The van der Waals surface area contributed by atoms with Gasteiger partial charge in [0.05, 0.1) is 16.7 Å². The van der Waals surface area contributed by atoms with Crippen LogP contribution in [0.25, 0.3) is 0 Å². The second kappa shape index (κ2) is 10.2. The molecule has 33 heavy (non-hydrogen) atoms. The summed E-state index contributed by atoms with van der Waals surface area (Å²) < 4.78 is 11.7. The first-order valence-corrected chi connectivity index (χ1v) is 10.7. The number of anilines is 1. The van der Waals surface area contributed by atoms with E-state index in [0.717, 1.165) is 17.5 Å². The van der Waals surface area contributed by atoms with E-state index in [0.29, 0.717) is 11.4 Å². The SMILES string of the molecule is CCC(C)(C)c1ccc(Oc2cc(NC(C)=O)c(OCc3ccccc3)cc2[N+](=O)[O-])cc1. The molecule has 0 radical (unpaired) electrons. The summed E-state index contributed by atoms with van der Waals surface area (Å²) in [6, 6.07) is 19.6. The van der Waals surface area contributed by atoms with Gasteiger partial charge < -0.3 is 14.8 Å². The van der Waals surface area contributed by atoms with Crippen molar-refractivity contribution in [2.75, 3.05) is 5.32 Å². The van der Waals surface area contributed by atoms with Gasteiger partial charge in [-0.3, -0.25) is 14.9 Å². The zero-order valence-corrected chi connectivity index (χ0v) is 19.3. The van der Waals surface area contributed by atoms with Gasteiger partial charge in [-0.1, -0.05) is 63.2 Å². The highest BCUT2D eigenvalue weighted by Crippen LogP contribution is 2.40. The monoisotopic (exact) mass is 448 g/mol. The van der Waals surface area contributed by atoms with Crippen LogP contribution in [-0.4, -0.2) is 10.8 Å². The molecule has 0 unspecified atom stereocenters. The molecule has 0 aromatic heterocycles. The van der Waals surface area contributed by atoms with Crippen molar-refractivity contribution >= 4 is 17.3 Å². The second-order valence-corrected chi connectivity index (χ2v) is 8.39. The fourth-order valence-electron chi connectivity index (χ4n) is 3.22. The first-order valence-electron chi connectivity index (χ1n) is 10.7. The van der Waals surface area contributed by atoms with Crippen molar-refractivity contribution in [3.63, 3.8) is 0 Å². The maximum atomic E-state index is 11.8. The van der Waals surface area contributed by atoms with E-state index in [4.69, 9.17) is 9.47 Å². The number of rotatable bonds is 9. The minimum absolute atomic E-state index is 0.0123. The molecule has 0 bridgehead atoms. The third kappa shape index (κ3) is 6.10. The number of amides is 1. The normalized spacial score (nSPS) is 11.0. The summed E-state index contributed by atoms with van der Waals surface area (Å²) in [5.74, 6) is 0.331. The Bertz CT molecular complexity index is 1130. The average Bonchev–Trinajstić information content (AvgIpc) is 2.79. The Morgan fingerprint density at radius 1 is 1.03 bits per heavy atom. The number of hydrogen-bond acceptors (Lipinski definition) is 5. The number of ether oxygens (including phenoxy) is 2. The van der Waals surface area contributed by atoms with Crippen LogP contribution in [0.1, 0.15) is 45.2 Å². The number of nitro benzene ring substituents is 1. The molecule has 1 amide bonds. The summed E-state index contributed by atoms with van der Waals surface area (Å²) in [7, 11) is 0. The molecule has 7 nitrogen and oxygen atoms in total. The molecule has 0 saturated carbocycles. The van der Waals surface area contributed by atoms with Gasteiger partial charge in [-0.15, -0.1) is 0 Å². The lowest BCUT2D eigenvalue weighted by Crippen LogP contribution is -2.14. The lowest BCUT2D eigenvalue weighted by atomic mass is 9.82. The quantitative estimate of drug-likeness (QED) is 0.294. The summed E-state index contributed by atoms with van der Waals surface area (Å²) >= 11 is 0. The highest BCUT2D eigenvalue weighted by molar-refractivity contribution is 5.91. The van der Waals surface area contributed by atoms with Crippen LogP contribution in [0.3, 0.4) is 0 Å². The maximum Gasteiger partial charge on any atom is 0.315 e. The van der Waals surface area contributed by atoms with Gasteiger partial charge in [-0.25, -0.2) is 0 Å². The van der Waals surface area contributed by atoms with E-state index >= 15 is 0 Å². The molecule has 3 rings (SSSR count). The average molecular weight is 449 g/mol. The number of hydrogen-bond donors (Lipinski definition) is 1. The Balaban J connectivity index is 1.93. The molecule has 172 valence electrons. The molecule has 0 spiro atoms. The van der Waals surface area contributed by atoms with Gasteiger partial charge in [0.2, 0.25) is 11.7 Å². The molecule has 7 heteroatoms. The Hall–Kier alpha value is -3.87. The minimum atomic E-state index is -0.531. The first-order chi connectivity index (χ1) is 15.7. The molecule has 0 atom stereocenters. The van der Waals surface area contributed by atoms with E-state index in [1.54, 1.807) is 12.1 Å². The van der Waals surface area contributed by atoms with Crippen molar-refractivity contribution in [2.45, 2.75) is 46.1 Å². The van der Waals surface area contributed by atoms with Gasteiger partial charge in [0, 0.05) is 13.0 Å². The Kier molecular flexibility index (Phi) is 7.33. The van der Waals surface area contributed by atoms with Crippen molar-refractivity contribution in [2.24, 2.45) is 0 Å². The Morgan fingerprint density at radius 2 is 1.70 bits per heavy atom. The molecule has 0 aliphatic rings. The predicted molar refractivity (Wildman–Crippen MR) is 128 cm³/mol. The van der Waals surface area contributed by atoms with Gasteiger partial charge in [-0.05, 0) is 35.1 Å². The van der Waals surface area contributed by atoms with Crippen LogP contribution >= 0.6 is 0 Å². The van der Waals surface area contributed by atoms with Crippen molar-refractivity contribution in [3.8, 4) is 17.2 Å². The van der Waals surface area contributed by atoms with Gasteiger partial charge in [-0.2, -0.15) is 0 Å². The molecule has 0 aliphatic carbocycles. The third-order valence-corrected chi connectivity index (χ3v) is 5.55. The molecule has 0 aliphatic heterocycles. The Morgan fingerprint density at radius 3 is 2.27 bits per heavy atom. The van der Waals surface area contributed by atoms with Crippen molar-refractivity contribution < 1.29 is 19.2 Å². The summed E-state index contributed by atoms with van der Waals surface area (Å²) in [6.45, 7) is 7.98. The summed E-state index contributed by atoms with van der Waals surface area (Å²) in [6.07, 6.45) is 0.975. The van der Waals surface area contributed by atoms with E-state index in [1.807, 2.05) is 42.5 Å². The lowest BCUT2D eigenvalue weighted by molar-refractivity contribution is -0.385. The van der Waals surface area contributed by atoms with Gasteiger partial charge in [0.25, 0.3) is 0 Å². The van der Waals surface area contributed by atoms with Crippen LogP contribution in [0.2, 0.25) is 0 Å². The van der Waals surface area contributed by atoms with Crippen molar-refractivity contribution in [1.29, 1.82) is 0 Å². The van der Waals surface area contributed by atoms with E-state index in [-0.39, 0.29) is 35.1 Å². The topological polar surface area (TPSA) is 90.7 Å². The highest BCUT2D eigenvalue weighted by Gasteiger charge is 2.23. The van der Waals surface area contributed by atoms with Gasteiger partial charge in [0.1, 0.15) is 18.1 Å². The molecular weight excluding hydrogens is 420 g/mol. The molecule has 3 aromatic carbocycles. The van der Waals surface area contributed by atoms with E-state index < -0.39 is 4.92 Å². The molecule has 1 N–H and O–H groups in total. The van der Waals surface area contributed by atoms with Crippen molar-refractivity contribution in [1.82, 2.24) is 0 Å². The fraction of sp³-hybridized carbons (Fsp3) is 0.269. The van der Waals surface area contributed by atoms with Crippen molar-refractivity contribution in [3.05, 3.63) is 88.0 Å². The van der Waals surface area contributed by atoms with Gasteiger partial charge in [0.15, 0.2) is 0 Å². The van der Waals surface area contributed by atoms with Crippen LogP contribution in [0.15, 0.2) is 66.7 Å². The smallest absolute Gasteiger partial charge is 0.315 e. The summed E-state index contributed by atoms with van der Waals surface area (Å²) in [4.78, 5) is 23.0. The van der Waals surface area contributed by atoms with Crippen LogP contribution in [-0.2, 0) is 16.8 Å². The number of carbonyl (C=O) groups excluding carboxylic acids is 1. The first kappa shape index (κ1) is 23.8. The van der Waals surface area contributed by atoms with E-state index in [2.05, 4.69) is 26.1 Å². The second-order valence-electron chi connectivity index (χ2n) is 8.39. The minimum Gasteiger partial charge on any atom is -0.486 e. The molecule has 3 aromatic rings. The number of nitrogens with one attached hydrogen (secondary N) is 1. The van der Waals surface area contributed by atoms with Crippen LogP contribution < -0.4 is 14.8 Å². The van der Waals surface area contributed by atoms with E-state index in [1.165, 1.54) is 19.1 Å². The number of nitro groups is 1. The zero-order chi connectivity index (χ0) is 24.0. The summed E-state index contributed by atoms with van der Waals surface area (Å²) in [5, 5.41) is 14.5. The fourth-order valence-corrected chi connectivity index (χ4v) is 3.22. The van der Waals surface area contributed by atoms with Crippen LogP contribution in [0.4, 0.5) is 11.4 Å². The predicted octanol–water partition coefficient (Wildman–Crippen LogP) is 6.61. The number of carbonyl (C=O) groups is 1. The molecule has 0 heterocycles. The zero-order valence-electron chi connectivity index (χ0n) is 19.3. The van der Waals surface area contributed by atoms with Crippen LogP contribution in [0.5, 0.6) is 17.2 Å². The molecule has 0 saturated heterocycles. The highest BCUT2D eigenvalue weighted by atomic mass is 16.6. The molecular formula is C26H28N2O5. The molecule has 0 fully saturated rings. The number of benzene rings is 3. The van der Waals surface area contributed by atoms with E-state index in [9.17, 15) is 14.9 Å². The lowest BCUT2D eigenvalue weighted by Gasteiger charge is -2.23.